The van der Waals surface area contributed by atoms with Gasteiger partial charge in [-0.2, -0.15) is 15.0 Å². The minimum Gasteiger partial charge on any atom is -0.497 e. The Morgan fingerprint density at radius 3 is 2.68 bits per heavy atom. The van der Waals surface area contributed by atoms with Gasteiger partial charge in [0.15, 0.2) is 0 Å². The van der Waals surface area contributed by atoms with Gasteiger partial charge in [-0.05, 0) is 35.9 Å². The van der Waals surface area contributed by atoms with Crippen LogP contribution in [-0.4, -0.2) is 23.2 Å². The number of hydrogen-bond donors (Lipinski definition) is 0. The van der Waals surface area contributed by atoms with Crippen molar-refractivity contribution in [3.05, 3.63) is 60.3 Å². The summed E-state index contributed by atoms with van der Waals surface area (Å²) in [7, 11) is 1.65. The second-order valence-electron chi connectivity index (χ2n) is 4.11. The first-order valence-corrected chi connectivity index (χ1v) is 5.98. The Bertz CT molecular complexity index is 714. The van der Waals surface area contributed by atoms with Crippen LogP contribution in [0.4, 0.5) is 0 Å². The van der Waals surface area contributed by atoms with Gasteiger partial charge in [-0.3, -0.25) is 0 Å². The van der Waals surface area contributed by atoms with E-state index in [1.165, 1.54) is 0 Å². The summed E-state index contributed by atoms with van der Waals surface area (Å²) in [6, 6.07) is 15.7. The molecule has 3 rings (SSSR count). The molecule has 1 heterocycles. The lowest BCUT2D eigenvalue weighted by molar-refractivity contribution is 0.415. The summed E-state index contributed by atoms with van der Waals surface area (Å²) in [4.78, 5) is 1.62. The van der Waals surface area contributed by atoms with E-state index in [1.54, 1.807) is 24.3 Å². The summed E-state index contributed by atoms with van der Waals surface area (Å²) in [5.41, 5.74) is 1.99. The highest BCUT2D eigenvalue weighted by molar-refractivity contribution is 5.82. The third kappa shape index (κ3) is 2.33. The Hall–Kier alpha value is -2.62. The molecule has 0 unspecified atom stereocenters. The number of hydrogen-bond acceptors (Lipinski definition) is 3. The van der Waals surface area contributed by atoms with Crippen LogP contribution in [0.2, 0.25) is 0 Å². The molecule has 0 amide bonds. The molecule has 0 N–H and O–H groups in total. The first-order valence-electron chi connectivity index (χ1n) is 5.98. The van der Waals surface area contributed by atoms with Gasteiger partial charge in [-0.15, -0.1) is 0 Å². The zero-order valence-corrected chi connectivity index (χ0v) is 10.5. The standard InChI is InChI=1S/C15H13N3O/c1-19-14-8-6-12(7-9-14)10-16-18-15-5-3-2-4-13(15)11-17-18/h2-11H,1H3. The quantitative estimate of drug-likeness (QED) is 0.671. The molecule has 0 atom stereocenters. The van der Waals surface area contributed by atoms with Crippen LogP contribution >= 0.6 is 0 Å². The fourth-order valence-corrected chi connectivity index (χ4v) is 1.86. The predicted molar refractivity (Wildman–Crippen MR) is 75.7 cm³/mol. The number of rotatable bonds is 3. The minimum absolute atomic E-state index is 0.835. The molecule has 19 heavy (non-hydrogen) atoms. The van der Waals surface area contributed by atoms with E-state index in [9.17, 15) is 0 Å². The Morgan fingerprint density at radius 1 is 1.11 bits per heavy atom. The molecule has 0 spiro atoms. The Balaban J connectivity index is 1.89. The van der Waals surface area contributed by atoms with Gasteiger partial charge >= 0.3 is 0 Å². The second-order valence-corrected chi connectivity index (χ2v) is 4.11. The highest BCUT2D eigenvalue weighted by Gasteiger charge is 1.98. The number of benzene rings is 2. The van der Waals surface area contributed by atoms with Gasteiger partial charge in [0.2, 0.25) is 0 Å². The van der Waals surface area contributed by atoms with E-state index in [-0.39, 0.29) is 0 Å². The molecule has 4 heteroatoms. The third-order valence-electron chi connectivity index (χ3n) is 2.89. The van der Waals surface area contributed by atoms with Crippen molar-refractivity contribution in [1.29, 1.82) is 0 Å². The Kier molecular flexibility index (Phi) is 2.98. The zero-order valence-electron chi connectivity index (χ0n) is 10.5. The first kappa shape index (κ1) is 11.5. The highest BCUT2D eigenvalue weighted by Crippen LogP contribution is 2.13. The summed E-state index contributed by atoms with van der Waals surface area (Å²) in [5, 5.41) is 9.68. The van der Waals surface area contributed by atoms with E-state index in [0.29, 0.717) is 0 Å². The van der Waals surface area contributed by atoms with Gasteiger partial charge in [0.1, 0.15) is 5.75 Å². The van der Waals surface area contributed by atoms with Crippen LogP contribution in [0.5, 0.6) is 5.75 Å². The number of fused-ring (bicyclic) bond motifs is 1. The maximum atomic E-state index is 5.12. The fourth-order valence-electron chi connectivity index (χ4n) is 1.86. The fraction of sp³-hybridized carbons (Fsp3) is 0.0667. The van der Waals surface area contributed by atoms with Crippen LogP contribution in [0, 0.1) is 0 Å². The lowest BCUT2D eigenvalue weighted by atomic mass is 10.2. The summed E-state index contributed by atoms with van der Waals surface area (Å²) < 4.78 is 5.12. The van der Waals surface area contributed by atoms with Crippen molar-refractivity contribution in [3.63, 3.8) is 0 Å². The number of para-hydroxylation sites is 1. The molecule has 3 aromatic rings. The smallest absolute Gasteiger partial charge is 0.118 e. The van der Waals surface area contributed by atoms with Crippen LogP contribution in [0.1, 0.15) is 5.56 Å². The van der Waals surface area contributed by atoms with E-state index in [0.717, 1.165) is 22.2 Å². The molecule has 0 aliphatic carbocycles. The number of aromatic nitrogens is 2. The molecule has 2 aromatic carbocycles. The molecule has 0 saturated heterocycles. The van der Waals surface area contributed by atoms with Crippen molar-refractivity contribution in [2.24, 2.45) is 5.10 Å². The number of methoxy groups -OCH3 is 1. The molecular weight excluding hydrogens is 238 g/mol. The van der Waals surface area contributed by atoms with E-state index in [2.05, 4.69) is 10.2 Å². The van der Waals surface area contributed by atoms with Crippen LogP contribution in [0.3, 0.4) is 0 Å². The van der Waals surface area contributed by atoms with Crippen molar-refractivity contribution in [2.45, 2.75) is 0 Å². The first-order chi connectivity index (χ1) is 9.36. The van der Waals surface area contributed by atoms with E-state index in [1.807, 2.05) is 48.5 Å². The van der Waals surface area contributed by atoms with Crippen molar-refractivity contribution < 1.29 is 4.74 Å². The molecule has 94 valence electrons. The molecule has 0 saturated carbocycles. The number of nitrogens with zero attached hydrogens (tertiary/aromatic N) is 3. The lowest BCUT2D eigenvalue weighted by Crippen LogP contribution is -1.92. The van der Waals surface area contributed by atoms with Gasteiger partial charge < -0.3 is 4.74 Å². The summed E-state index contributed by atoms with van der Waals surface area (Å²) in [5.74, 6) is 0.835. The third-order valence-corrected chi connectivity index (χ3v) is 2.89. The molecular formula is C15H13N3O. The van der Waals surface area contributed by atoms with Gasteiger partial charge in [0.05, 0.1) is 25.0 Å². The monoisotopic (exact) mass is 251 g/mol. The Morgan fingerprint density at radius 2 is 1.89 bits per heavy atom. The number of ether oxygens (including phenoxy) is 1. The average Bonchev–Trinajstić information content (AvgIpc) is 2.89. The van der Waals surface area contributed by atoms with Crippen molar-refractivity contribution >= 4 is 17.1 Å². The van der Waals surface area contributed by atoms with Gasteiger partial charge in [-0.1, -0.05) is 18.2 Å². The predicted octanol–water partition coefficient (Wildman–Crippen LogP) is 2.93. The van der Waals surface area contributed by atoms with Crippen molar-refractivity contribution in [1.82, 2.24) is 9.89 Å². The van der Waals surface area contributed by atoms with Gasteiger partial charge in [0.25, 0.3) is 0 Å². The SMILES string of the molecule is COc1ccc(C=Nn2ncc3ccccc32)cc1. The summed E-state index contributed by atoms with van der Waals surface area (Å²) in [6.45, 7) is 0. The maximum absolute atomic E-state index is 5.12. The molecule has 0 bridgehead atoms. The normalized spacial score (nSPS) is 11.2. The summed E-state index contributed by atoms with van der Waals surface area (Å²) >= 11 is 0. The second kappa shape index (κ2) is 4.94. The van der Waals surface area contributed by atoms with E-state index in [4.69, 9.17) is 4.74 Å². The topological polar surface area (TPSA) is 39.4 Å². The van der Waals surface area contributed by atoms with Crippen LogP contribution in [0.25, 0.3) is 10.9 Å². The van der Waals surface area contributed by atoms with Gasteiger partial charge in [-0.25, -0.2) is 0 Å². The van der Waals surface area contributed by atoms with Gasteiger partial charge in [0, 0.05) is 5.39 Å². The highest BCUT2D eigenvalue weighted by atomic mass is 16.5. The molecule has 0 aliphatic heterocycles. The zero-order chi connectivity index (χ0) is 13.1. The largest absolute Gasteiger partial charge is 0.497 e. The van der Waals surface area contributed by atoms with E-state index >= 15 is 0 Å². The van der Waals surface area contributed by atoms with E-state index < -0.39 is 0 Å². The van der Waals surface area contributed by atoms with Crippen LogP contribution < -0.4 is 4.74 Å². The van der Waals surface area contributed by atoms with Crippen LogP contribution in [-0.2, 0) is 0 Å². The maximum Gasteiger partial charge on any atom is 0.118 e. The molecule has 0 radical (unpaired) electrons. The Labute approximate surface area is 110 Å². The van der Waals surface area contributed by atoms with Crippen molar-refractivity contribution in [3.8, 4) is 5.75 Å². The molecule has 0 aliphatic rings. The van der Waals surface area contributed by atoms with Crippen molar-refractivity contribution in [2.75, 3.05) is 7.11 Å². The molecule has 4 nitrogen and oxygen atoms in total. The van der Waals surface area contributed by atoms with Crippen LogP contribution in [0.15, 0.2) is 59.8 Å². The summed E-state index contributed by atoms with van der Waals surface area (Å²) in [6.07, 6.45) is 3.58. The molecule has 0 fully saturated rings. The average molecular weight is 251 g/mol. The lowest BCUT2D eigenvalue weighted by Gasteiger charge is -1.99. The minimum atomic E-state index is 0.835. The molecule has 1 aromatic heterocycles.